The molecule has 0 aromatic heterocycles. The molecule has 3 heteroatoms. The van der Waals surface area contributed by atoms with Gasteiger partial charge in [-0.3, -0.25) is 9.59 Å². The van der Waals surface area contributed by atoms with Crippen LogP contribution in [0.3, 0.4) is 0 Å². The number of nitrogens with one attached hydrogen (secondary N) is 1. The number of ketones is 2. The van der Waals surface area contributed by atoms with Crippen molar-refractivity contribution in [3.8, 4) is 0 Å². The fraction of sp³-hybridized carbons (Fsp3) is 0.700. The molecule has 2 bridgehead atoms. The summed E-state index contributed by atoms with van der Waals surface area (Å²) >= 11 is 0. The van der Waals surface area contributed by atoms with Gasteiger partial charge in [-0.05, 0) is 18.3 Å². The lowest BCUT2D eigenvalue weighted by atomic mass is 9.53. The topological polar surface area (TPSA) is 58.0 Å². The molecule has 3 aliphatic rings. The van der Waals surface area contributed by atoms with Crippen molar-refractivity contribution in [2.45, 2.75) is 32.6 Å². The molecule has 0 unspecified atom stereocenters. The predicted octanol–water partition coefficient (Wildman–Crippen LogP) is 1.35. The number of carbonyl (C=O) groups excluding carboxylic acids is 2. The van der Waals surface area contributed by atoms with Gasteiger partial charge in [0.1, 0.15) is 5.41 Å². The average Bonchev–Trinajstić information content (AvgIpc) is 2.03. The molecule has 3 aliphatic carbocycles. The van der Waals surface area contributed by atoms with Gasteiger partial charge < -0.3 is 5.41 Å². The van der Waals surface area contributed by atoms with Gasteiger partial charge in [0.15, 0.2) is 11.6 Å². The van der Waals surface area contributed by atoms with E-state index in [1.165, 1.54) is 0 Å². The molecule has 0 aromatic rings. The molecule has 3 fully saturated rings. The fourth-order valence-corrected chi connectivity index (χ4v) is 2.50. The standard InChI is InChI=1S/C10H13NO2/c1-9-2-3-10(6-11,7(12)4-9)8(13)5-9/h6,11H,2-5H2,1H3. The molecule has 1 N–H and O–H groups in total. The van der Waals surface area contributed by atoms with Crippen LogP contribution in [0.1, 0.15) is 32.6 Å². The van der Waals surface area contributed by atoms with Crippen LogP contribution in [0, 0.1) is 16.2 Å². The molecule has 0 saturated heterocycles. The van der Waals surface area contributed by atoms with E-state index in [2.05, 4.69) is 0 Å². The van der Waals surface area contributed by atoms with Gasteiger partial charge in [0.05, 0.1) is 0 Å². The Morgan fingerprint density at radius 3 is 2.15 bits per heavy atom. The zero-order valence-electron chi connectivity index (χ0n) is 7.72. The summed E-state index contributed by atoms with van der Waals surface area (Å²) in [4.78, 5) is 23.3. The van der Waals surface area contributed by atoms with E-state index in [1.54, 1.807) is 0 Å². The molecule has 70 valence electrons. The maximum Gasteiger partial charge on any atom is 0.152 e. The van der Waals surface area contributed by atoms with Gasteiger partial charge in [0.2, 0.25) is 0 Å². The molecule has 13 heavy (non-hydrogen) atoms. The summed E-state index contributed by atoms with van der Waals surface area (Å²) in [6.07, 6.45) is 3.49. The summed E-state index contributed by atoms with van der Waals surface area (Å²) in [5.74, 6) is -0.0694. The maximum absolute atomic E-state index is 11.7. The lowest BCUT2D eigenvalue weighted by Crippen LogP contribution is -2.54. The molecular weight excluding hydrogens is 166 g/mol. The summed E-state index contributed by atoms with van der Waals surface area (Å²) in [7, 11) is 0. The van der Waals surface area contributed by atoms with E-state index < -0.39 is 5.41 Å². The largest absolute Gasteiger partial charge is 0.312 e. The zero-order chi connectivity index (χ0) is 9.69. The van der Waals surface area contributed by atoms with Crippen molar-refractivity contribution in [2.75, 3.05) is 0 Å². The first-order valence-electron chi connectivity index (χ1n) is 4.61. The molecule has 0 aliphatic heterocycles. The molecule has 0 radical (unpaired) electrons. The molecule has 0 spiro atoms. The first kappa shape index (κ1) is 8.60. The monoisotopic (exact) mass is 179 g/mol. The first-order chi connectivity index (χ1) is 6.02. The molecule has 0 atom stereocenters. The lowest BCUT2D eigenvalue weighted by molar-refractivity contribution is -0.149. The third-order valence-corrected chi connectivity index (χ3v) is 3.54. The Labute approximate surface area is 77.0 Å². The van der Waals surface area contributed by atoms with Gasteiger partial charge in [0, 0.05) is 19.1 Å². The summed E-state index contributed by atoms with van der Waals surface area (Å²) in [6.45, 7) is 2.00. The van der Waals surface area contributed by atoms with E-state index in [0.717, 1.165) is 12.6 Å². The molecular formula is C10H13NO2. The van der Waals surface area contributed by atoms with Crippen LogP contribution >= 0.6 is 0 Å². The average molecular weight is 179 g/mol. The van der Waals surface area contributed by atoms with Crippen molar-refractivity contribution in [2.24, 2.45) is 10.8 Å². The minimum Gasteiger partial charge on any atom is -0.312 e. The van der Waals surface area contributed by atoms with E-state index in [9.17, 15) is 9.59 Å². The zero-order valence-corrected chi connectivity index (χ0v) is 7.72. The van der Waals surface area contributed by atoms with E-state index in [4.69, 9.17) is 5.41 Å². The Bertz CT molecular complexity index is 288. The number of hydrogen-bond donors (Lipinski definition) is 1. The van der Waals surface area contributed by atoms with Crippen molar-refractivity contribution < 1.29 is 9.59 Å². The normalized spacial score (nSPS) is 43.8. The van der Waals surface area contributed by atoms with Gasteiger partial charge in [-0.2, -0.15) is 0 Å². The van der Waals surface area contributed by atoms with Crippen LogP contribution in [0.15, 0.2) is 0 Å². The first-order valence-corrected chi connectivity index (χ1v) is 4.61. The predicted molar refractivity (Wildman–Crippen MR) is 47.8 cm³/mol. The quantitative estimate of drug-likeness (QED) is 0.488. The van der Waals surface area contributed by atoms with Crippen LogP contribution in [0.4, 0.5) is 0 Å². The van der Waals surface area contributed by atoms with Crippen LogP contribution in [0.2, 0.25) is 0 Å². The minimum atomic E-state index is -1.02. The Balaban J connectivity index is 2.46. The van der Waals surface area contributed by atoms with E-state index in [0.29, 0.717) is 19.3 Å². The Kier molecular flexibility index (Phi) is 1.51. The van der Waals surface area contributed by atoms with Crippen LogP contribution in [-0.4, -0.2) is 17.8 Å². The van der Waals surface area contributed by atoms with Gasteiger partial charge in [-0.25, -0.2) is 0 Å². The summed E-state index contributed by atoms with van der Waals surface area (Å²) in [6, 6.07) is 0. The van der Waals surface area contributed by atoms with Crippen LogP contribution in [0.25, 0.3) is 0 Å². The van der Waals surface area contributed by atoms with E-state index >= 15 is 0 Å². The van der Waals surface area contributed by atoms with Crippen molar-refractivity contribution in [1.82, 2.24) is 0 Å². The number of carbonyl (C=O) groups is 2. The van der Waals surface area contributed by atoms with E-state index in [1.807, 2.05) is 6.92 Å². The van der Waals surface area contributed by atoms with Crippen LogP contribution < -0.4 is 0 Å². The Morgan fingerprint density at radius 1 is 1.23 bits per heavy atom. The molecule has 0 aromatic carbocycles. The van der Waals surface area contributed by atoms with Crippen LogP contribution in [0.5, 0.6) is 0 Å². The second kappa shape index (κ2) is 2.28. The highest BCUT2D eigenvalue weighted by atomic mass is 16.2. The minimum absolute atomic E-state index is 0.0347. The van der Waals surface area contributed by atoms with Crippen molar-refractivity contribution in [3.05, 3.63) is 0 Å². The van der Waals surface area contributed by atoms with E-state index in [-0.39, 0.29) is 17.0 Å². The molecule has 0 heterocycles. The number of Topliss-reactive ketones (excluding diaryl/α,β-unsaturated/α-hetero) is 2. The Morgan fingerprint density at radius 2 is 1.77 bits per heavy atom. The highest BCUT2D eigenvalue weighted by Crippen LogP contribution is 2.51. The molecule has 3 nitrogen and oxygen atoms in total. The number of fused-ring (bicyclic) bond motifs is 3. The van der Waals surface area contributed by atoms with Gasteiger partial charge in [-0.1, -0.05) is 6.92 Å². The van der Waals surface area contributed by atoms with Crippen molar-refractivity contribution in [3.63, 3.8) is 0 Å². The number of hydrogen-bond acceptors (Lipinski definition) is 3. The Hall–Kier alpha value is -0.990. The second-order valence-corrected chi connectivity index (χ2v) is 4.63. The van der Waals surface area contributed by atoms with Gasteiger partial charge >= 0.3 is 0 Å². The van der Waals surface area contributed by atoms with Gasteiger partial charge in [0.25, 0.3) is 0 Å². The maximum atomic E-state index is 11.7. The lowest BCUT2D eigenvalue weighted by Gasteiger charge is -2.47. The summed E-state index contributed by atoms with van der Waals surface area (Å²) in [5.41, 5.74) is -1.11. The molecule has 0 amide bonds. The summed E-state index contributed by atoms with van der Waals surface area (Å²) < 4.78 is 0. The van der Waals surface area contributed by atoms with Crippen molar-refractivity contribution in [1.29, 1.82) is 5.41 Å². The molecule has 3 rings (SSSR count). The highest BCUT2D eigenvalue weighted by molar-refractivity contribution is 6.21. The van der Waals surface area contributed by atoms with Gasteiger partial charge in [-0.15, -0.1) is 0 Å². The third kappa shape index (κ3) is 0.929. The summed E-state index contributed by atoms with van der Waals surface area (Å²) in [5, 5.41) is 7.23. The fourth-order valence-electron chi connectivity index (χ4n) is 2.50. The second-order valence-electron chi connectivity index (χ2n) is 4.63. The highest BCUT2D eigenvalue weighted by Gasteiger charge is 2.56. The smallest absolute Gasteiger partial charge is 0.152 e. The third-order valence-electron chi connectivity index (χ3n) is 3.54. The van der Waals surface area contributed by atoms with Crippen molar-refractivity contribution >= 4 is 17.8 Å². The molecule has 3 saturated carbocycles. The number of rotatable bonds is 1. The van der Waals surface area contributed by atoms with Crippen LogP contribution in [-0.2, 0) is 9.59 Å². The SMILES string of the molecule is CC12CCC(C=N)(C(=O)C1)C(=O)C2.